The predicted octanol–water partition coefficient (Wildman–Crippen LogP) is 4.03. The molecule has 2 aliphatic heterocycles. The van der Waals surface area contributed by atoms with E-state index in [-0.39, 0.29) is 11.8 Å². The van der Waals surface area contributed by atoms with Gasteiger partial charge in [0.05, 0.1) is 22.5 Å². The molecule has 8 heteroatoms. The maximum absolute atomic E-state index is 12.8. The lowest BCUT2D eigenvalue weighted by Crippen LogP contribution is -2.42. The van der Waals surface area contributed by atoms with Gasteiger partial charge in [-0.3, -0.25) is 4.79 Å². The van der Waals surface area contributed by atoms with Crippen LogP contribution < -0.4 is 10.2 Å². The number of rotatable bonds is 7. The molecular weight excluding hydrogens is 450 g/mol. The third-order valence-electron chi connectivity index (χ3n) is 8.01. The van der Waals surface area contributed by atoms with E-state index < -0.39 is 0 Å². The van der Waals surface area contributed by atoms with Gasteiger partial charge in [0, 0.05) is 38.1 Å². The van der Waals surface area contributed by atoms with Crippen LogP contribution in [0.2, 0.25) is 0 Å². The van der Waals surface area contributed by atoms with E-state index in [9.17, 15) is 4.79 Å². The Morgan fingerprint density at radius 1 is 1.03 bits per heavy atom. The zero-order chi connectivity index (χ0) is 25.1. The quantitative estimate of drug-likeness (QED) is 0.505. The van der Waals surface area contributed by atoms with Crippen molar-refractivity contribution in [3.8, 4) is 5.69 Å². The lowest BCUT2D eigenvalue weighted by Gasteiger charge is -2.33. The normalized spacial score (nSPS) is 19.6. The van der Waals surface area contributed by atoms with Crippen molar-refractivity contribution < 1.29 is 4.79 Å². The first kappa shape index (κ1) is 24.7. The number of anilines is 1. The van der Waals surface area contributed by atoms with Gasteiger partial charge in [0.15, 0.2) is 5.82 Å². The second kappa shape index (κ2) is 10.9. The summed E-state index contributed by atoms with van der Waals surface area (Å²) in [6.45, 7) is 11.0. The average molecular weight is 490 g/mol. The summed E-state index contributed by atoms with van der Waals surface area (Å²) in [7, 11) is 0. The summed E-state index contributed by atoms with van der Waals surface area (Å²) in [4.78, 5) is 17.6. The number of nitrogens with zero attached hydrogens (tertiary/aromatic N) is 6. The molecule has 0 unspecified atom stereocenters. The van der Waals surface area contributed by atoms with Crippen molar-refractivity contribution in [3.05, 3.63) is 41.7 Å². The SMILES string of the molecule is Cc1nnc(N2CCC(C(=O)NCCCN3CCCC[C@@H]3C)CC2)c2nn(-c3ccccc3)c(C)c12. The number of carbonyl (C=O) groups is 1. The molecule has 0 spiro atoms. The summed E-state index contributed by atoms with van der Waals surface area (Å²) >= 11 is 0. The van der Waals surface area contributed by atoms with E-state index in [0.29, 0.717) is 6.04 Å². The van der Waals surface area contributed by atoms with Gasteiger partial charge in [0.1, 0.15) is 5.52 Å². The Morgan fingerprint density at radius 2 is 1.81 bits per heavy atom. The number of hydrogen-bond acceptors (Lipinski definition) is 6. The summed E-state index contributed by atoms with van der Waals surface area (Å²) in [5.74, 6) is 1.08. The van der Waals surface area contributed by atoms with Gasteiger partial charge in [-0.15, -0.1) is 5.10 Å². The van der Waals surface area contributed by atoms with E-state index in [4.69, 9.17) is 5.10 Å². The summed E-state index contributed by atoms with van der Waals surface area (Å²) in [6.07, 6.45) is 6.62. The molecule has 1 aromatic carbocycles. The second-order valence-electron chi connectivity index (χ2n) is 10.5. The van der Waals surface area contributed by atoms with E-state index in [0.717, 1.165) is 79.2 Å². The molecule has 1 N–H and O–H groups in total. The molecule has 2 aliphatic rings. The molecule has 2 aromatic heterocycles. The zero-order valence-electron chi connectivity index (χ0n) is 21.9. The highest BCUT2D eigenvalue weighted by Crippen LogP contribution is 2.31. The molecule has 36 heavy (non-hydrogen) atoms. The predicted molar refractivity (Wildman–Crippen MR) is 144 cm³/mol. The number of para-hydroxylation sites is 1. The van der Waals surface area contributed by atoms with E-state index >= 15 is 0 Å². The fourth-order valence-corrected chi connectivity index (χ4v) is 5.83. The Hall–Kier alpha value is -3.00. The Bertz CT molecular complexity index is 1180. The van der Waals surface area contributed by atoms with Crippen molar-refractivity contribution in [3.63, 3.8) is 0 Å². The monoisotopic (exact) mass is 489 g/mol. The molecule has 2 saturated heterocycles. The van der Waals surface area contributed by atoms with Crippen molar-refractivity contribution in [1.82, 2.24) is 30.2 Å². The van der Waals surface area contributed by atoms with Crippen LogP contribution >= 0.6 is 0 Å². The van der Waals surface area contributed by atoms with Crippen molar-refractivity contribution in [2.45, 2.75) is 65.3 Å². The van der Waals surface area contributed by atoms with E-state index in [1.165, 1.54) is 25.8 Å². The van der Waals surface area contributed by atoms with Gasteiger partial charge in [-0.05, 0) is 71.6 Å². The number of nitrogens with one attached hydrogen (secondary N) is 1. The Morgan fingerprint density at radius 3 is 2.56 bits per heavy atom. The maximum Gasteiger partial charge on any atom is 0.223 e. The molecular formula is C28H39N7O. The molecule has 0 bridgehead atoms. The number of hydrogen-bond donors (Lipinski definition) is 1. The highest BCUT2D eigenvalue weighted by Gasteiger charge is 2.28. The number of fused-ring (bicyclic) bond motifs is 1. The topological polar surface area (TPSA) is 79.2 Å². The van der Waals surface area contributed by atoms with Crippen molar-refractivity contribution >= 4 is 22.6 Å². The number of amides is 1. The number of piperidine rings is 2. The highest BCUT2D eigenvalue weighted by atomic mass is 16.1. The maximum atomic E-state index is 12.8. The van der Waals surface area contributed by atoms with Gasteiger partial charge >= 0.3 is 0 Å². The van der Waals surface area contributed by atoms with Gasteiger partial charge in [0.25, 0.3) is 0 Å². The van der Waals surface area contributed by atoms with Gasteiger partial charge in [-0.25, -0.2) is 4.68 Å². The third-order valence-corrected chi connectivity index (χ3v) is 8.01. The van der Waals surface area contributed by atoms with Crippen LogP contribution in [0.4, 0.5) is 5.82 Å². The molecule has 0 saturated carbocycles. The highest BCUT2D eigenvalue weighted by molar-refractivity contribution is 5.92. The van der Waals surface area contributed by atoms with Gasteiger partial charge < -0.3 is 15.1 Å². The average Bonchev–Trinajstić information content (AvgIpc) is 3.26. The van der Waals surface area contributed by atoms with Crippen LogP contribution in [0.3, 0.4) is 0 Å². The number of benzene rings is 1. The van der Waals surface area contributed by atoms with Crippen molar-refractivity contribution in [2.75, 3.05) is 37.6 Å². The molecule has 8 nitrogen and oxygen atoms in total. The van der Waals surface area contributed by atoms with Crippen LogP contribution in [-0.2, 0) is 4.79 Å². The van der Waals surface area contributed by atoms with Crippen LogP contribution in [0.25, 0.3) is 16.6 Å². The Kier molecular flexibility index (Phi) is 7.51. The number of likely N-dealkylation sites (tertiary alicyclic amines) is 1. The minimum atomic E-state index is 0.0627. The lowest BCUT2D eigenvalue weighted by molar-refractivity contribution is -0.125. The Balaban J connectivity index is 1.19. The van der Waals surface area contributed by atoms with Gasteiger partial charge in [-0.2, -0.15) is 10.2 Å². The smallest absolute Gasteiger partial charge is 0.223 e. The molecule has 4 heterocycles. The summed E-state index contributed by atoms with van der Waals surface area (Å²) in [5, 5.41) is 18.2. The first-order chi connectivity index (χ1) is 17.5. The van der Waals surface area contributed by atoms with E-state index in [1.807, 2.05) is 29.8 Å². The first-order valence-corrected chi connectivity index (χ1v) is 13.6. The standard InChI is InChI=1S/C28H39N7O/c1-20-10-7-8-16-33(20)17-9-15-29-28(36)23-13-18-34(19-14-23)27-26-25(21(2)30-31-27)22(3)35(32-26)24-11-5-4-6-12-24/h4-6,11-12,20,23H,7-10,13-19H2,1-3H3,(H,29,36)/t20-/m0/s1. The minimum absolute atomic E-state index is 0.0627. The van der Waals surface area contributed by atoms with Crippen molar-refractivity contribution in [1.29, 1.82) is 0 Å². The van der Waals surface area contributed by atoms with Crippen LogP contribution in [0.5, 0.6) is 0 Å². The molecule has 3 aromatic rings. The van der Waals surface area contributed by atoms with Crippen LogP contribution in [0.1, 0.15) is 56.8 Å². The lowest BCUT2D eigenvalue weighted by atomic mass is 9.95. The van der Waals surface area contributed by atoms with Crippen molar-refractivity contribution in [2.24, 2.45) is 5.92 Å². The molecule has 1 amide bonds. The molecule has 0 aliphatic carbocycles. The summed E-state index contributed by atoms with van der Waals surface area (Å²) in [5.41, 5.74) is 3.88. The van der Waals surface area contributed by atoms with Gasteiger partial charge in [0.2, 0.25) is 5.91 Å². The number of aromatic nitrogens is 4. The molecule has 192 valence electrons. The number of aryl methyl sites for hydroxylation is 2. The zero-order valence-corrected chi connectivity index (χ0v) is 21.9. The van der Waals surface area contributed by atoms with Gasteiger partial charge in [-0.1, -0.05) is 24.6 Å². The fourth-order valence-electron chi connectivity index (χ4n) is 5.83. The number of carbonyl (C=O) groups excluding carboxylic acids is 1. The first-order valence-electron chi connectivity index (χ1n) is 13.6. The van der Waals surface area contributed by atoms with Crippen LogP contribution in [0, 0.1) is 19.8 Å². The van der Waals surface area contributed by atoms with Crippen LogP contribution in [-0.4, -0.2) is 69.6 Å². The van der Waals surface area contributed by atoms with Crippen LogP contribution in [0.15, 0.2) is 30.3 Å². The second-order valence-corrected chi connectivity index (χ2v) is 10.5. The Labute approximate surface area is 214 Å². The molecule has 5 rings (SSSR count). The minimum Gasteiger partial charge on any atom is -0.356 e. The summed E-state index contributed by atoms with van der Waals surface area (Å²) in [6, 6.07) is 10.9. The summed E-state index contributed by atoms with van der Waals surface area (Å²) < 4.78 is 1.98. The van der Waals surface area contributed by atoms with E-state index in [2.05, 4.69) is 51.3 Å². The fraction of sp³-hybridized carbons (Fsp3) is 0.571. The largest absolute Gasteiger partial charge is 0.356 e. The molecule has 0 radical (unpaired) electrons. The third kappa shape index (κ3) is 5.09. The molecule has 1 atom stereocenters. The van der Waals surface area contributed by atoms with E-state index in [1.54, 1.807) is 0 Å². The molecule has 2 fully saturated rings.